The quantitative estimate of drug-likeness (QED) is 0.0261. The minimum atomic E-state index is -0.784. The van der Waals surface area contributed by atoms with Crippen molar-refractivity contribution in [1.29, 1.82) is 0 Å². The molecule has 1 unspecified atom stereocenters. The molecule has 0 heterocycles. The van der Waals surface area contributed by atoms with Crippen LogP contribution in [0.15, 0.2) is 60.8 Å². The van der Waals surface area contributed by atoms with Crippen LogP contribution >= 0.6 is 0 Å². The summed E-state index contributed by atoms with van der Waals surface area (Å²) in [6.45, 7) is 6.59. The lowest BCUT2D eigenvalue weighted by atomic mass is 10.0. The van der Waals surface area contributed by atoms with Crippen LogP contribution in [-0.2, 0) is 28.6 Å². The van der Waals surface area contributed by atoms with Crippen molar-refractivity contribution >= 4 is 17.9 Å². The van der Waals surface area contributed by atoms with Crippen molar-refractivity contribution in [2.45, 2.75) is 386 Å². The Bertz CT molecular complexity index is 1440. The lowest BCUT2D eigenvalue weighted by Gasteiger charge is -2.18. The zero-order valence-corrected chi connectivity index (χ0v) is 54.3. The van der Waals surface area contributed by atoms with Crippen molar-refractivity contribution in [3.8, 4) is 0 Å². The number of carbonyl (C=O) groups excluding carboxylic acids is 3. The summed E-state index contributed by atoms with van der Waals surface area (Å²) < 4.78 is 17.0. The summed E-state index contributed by atoms with van der Waals surface area (Å²) in [5, 5.41) is 0. The maximum absolute atomic E-state index is 13.0. The van der Waals surface area contributed by atoms with Gasteiger partial charge in [0.05, 0.1) is 0 Å². The maximum Gasteiger partial charge on any atom is 0.306 e. The standard InChI is InChI=1S/C75H136O6/c1-4-7-10-13-16-19-22-25-28-31-34-36-37-38-40-41-44-47-50-53-56-59-62-65-68-74(77)80-71-72(70-79-73(76)67-64-61-58-55-52-49-46-43-33-30-27-24-21-18-15-12-9-6-3)81-75(78)69-66-63-60-57-54-51-48-45-42-39-35-32-29-26-23-20-17-14-11-8-5-2/h8,11,17,20,26,29,35,39,45,48,72H,4-7,9-10,12-16,18-19,21-25,27-28,30-34,36-38,40-44,46-47,49-71H2,1-3H3/b11-8-,20-17-,29-26-,39-35-,48-45-. The molecule has 0 rings (SSSR count). The molecule has 0 aromatic carbocycles. The highest BCUT2D eigenvalue weighted by atomic mass is 16.6. The Labute approximate surface area is 504 Å². The molecular weight excluding hydrogens is 997 g/mol. The van der Waals surface area contributed by atoms with E-state index < -0.39 is 6.10 Å². The fraction of sp³-hybridized carbons (Fsp3) is 0.827. The first-order valence-electron chi connectivity index (χ1n) is 35.8. The Kier molecular flexibility index (Phi) is 67.1. The second-order valence-corrected chi connectivity index (χ2v) is 24.1. The second kappa shape index (κ2) is 69.6. The van der Waals surface area contributed by atoms with Gasteiger partial charge >= 0.3 is 17.9 Å². The molecule has 0 N–H and O–H groups in total. The number of ether oxygens (including phenoxy) is 3. The van der Waals surface area contributed by atoms with E-state index in [1.54, 1.807) is 0 Å². The Hall–Kier alpha value is -2.89. The van der Waals surface area contributed by atoms with E-state index in [0.29, 0.717) is 19.3 Å². The molecule has 0 aromatic rings. The monoisotopic (exact) mass is 1130 g/mol. The highest BCUT2D eigenvalue weighted by Gasteiger charge is 2.19. The Morgan fingerprint density at radius 2 is 0.481 bits per heavy atom. The average molecular weight is 1130 g/mol. The van der Waals surface area contributed by atoms with E-state index in [1.807, 2.05) is 0 Å². The zero-order valence-electron chi connectivity index (χ0n) is 54.3. The van der Waals surface area contributed by atoms with Crippen LogP contribution in [0.5, 0.6) is 0 Å². The summed E-state index contributed by atoms with van der Waals surface area (Å²) in [5.41, 5.74) is 0. The fourth-order valence-electron chi connectivity index (χ4n) is 10.7. The third kappa shape index (κ3) is 67.8. The van der Waals surface area contributed by atoms with E-state index in [1.165, 1.54) is 231 Å². The van der Waals surface area contributed by atoms with Crippen LogP contribution in [0.1, 0.15) is 380 Å². The number of esters is 3. The first kappa shape index (κ1) is 78.1. The van der Waals surface area contributed by atoms with Gasteiger partial charge in [0.1, 0.15) is 13.2 Å². The van der Waals surface area contributed by atoms with Gasteiger partial charge in [0.25, 0.3) is 0 Å². The summed E-state index contributed by atoms with van der Waals surface area (Å²) >= 11 is 0. The van der Waals surface area contributed by atoms with Gasteiger partial charge in [-0.2, -0.15) is 0 Å². The molecule has 0 spiro atoms. The molecular formula is C75H136O6. The van der Waals surface area contributed by atoms with Crippen LogP contribution in [0.3, 0.4) is 0 Å². The normalized spacial score (nSPS) is 12.4. The lowest BCUT2D eigenvalue weighted by Crippen LogP contribution is -2.30. The van der Waals surface area contributed by atoms with Gasteiger partial charge in [-0.15, -0.1) is 0 Å². The topological polar surface area (TPSA) is 78.9 Å². The van der Waals surface area contributed by atoms with Crippen LogP contribution in [0.4, 0.5) is 0 Å². The smallest absolute Gasteiger partial charge is 0.306 e. The van der Waals surface area contributed by atoms with Gasteiger partial charge in [0, 0.05) is 19.3 Å². The molecule has 6 heteroatoms. The van der Waals surface area contributed by atoms with Crippen molar-refractivity contribution in [2.24, 2.45) is 0 Å². The first-order valence-corrected chi connectivity index (χ1v) is 35.8. The van der Waals surface area contributed by atoms with Crippen molar-refractivity contribution in [3.05, 3.63) is 60.8 Å². The van der Waals surface area contributed by atoms with Gasteiger partial charge < -0.3 is 14.2 Å². The van der Waals surface area contributed by atoms with Crippen molar-refractivity contribution < 1.29 is 28.6 Å². The molecule has 0 radical (unpaired) electrons. The Morgan fingerprint density at radius 1 is 0.259 bits per heavy atom. The molecule has 0 aliphatic carbocycles. The van der Waals surface area contributed by atoms with E-state index in [-0.39, 0.29) is 31.1 Å². The SMILES string of the molecule is CC/C=C\C/C=C\C/C=C\C/C=C\C/C=C\CCCCCCCC(=O)OC(COC(=O)CCCCCCCCCCCCCCCCCCCC)COC(=O)CCCCCCCCCCCCCCCCCCCCCCCCCC. The Morgan fingerprint density at radius 3 is 0.753 bits per heavy atom. The summed E-state index contributed by atoms with van der Waals surface area (Å²) in [6.07, 6.45) is 89.6. The minimum absolute atomic E-state index is 0.0771. The number of unbranched alkanes of at least 4 members (excludes halogenated alkanes) is 45. The molecule has 6 nitrogen and oxygen atoms in total. The number of allylic oxidation sites excluding steroid dienone is 10. The highest BCUT2D eigenvalue weighted by Crippen LogP contribution is 2.19. The number of carbonyl (C=O) groups is 3. The third-order valence-electron chi connectivity index (χ3n) is 16.0. The summed E-state index contributed by atoms with van der Waals surface area (Å²) in [4.78, 5) is 38.5. The van der Waals surface area contributed by atoms with Crippen LogP contribution in [0, 0.1) is 0 Å². The van der Waals surface area contributed by atoms with Gasteiger partial charge in [0.2, 0.25) is 0 Å². The summed E-state index contributed by atoms with van der Waals surface area (Å²) in [5.74, 6) is -0.868. The van der Waals surface area contributed by atoms with Gasteiger partial charge in [-0.3, -0.25) is 14.4 Å². The molecule has 0 amide bonds. The maximum atomic E-state index is 13.0. The van der Waals surface area contributed by atoms with Crippen LogP contribution < -0.4 is 0 Å². The van der Waals surface area contributed by atoms with E-state index in [4.69, 9.17) is 14.2 Å². The van der Waals surface area contributed by atoms with Gasteiger partial charge in [0.15, 0.2) is 6.10 Å². The van der Waals surface area contributed by atoms with Crippen LogP contribution in [0.25, 0.3) is 0 Å². The molecule has 0 aliphatic heterocycles. The number of hydrogen-bond acceptors (Lipinski definition) is 6. The first-order chi connectivity index (χ1) is 40.0. The van der Waals surface area contributed by atoms with Gasteiger partial charge in [-0.1, -0.05) is 358 Å². The molecule has 0 saturated carbocycles. The minimum Gasteiger partial charge on any atom is -0.462 e. The zero-order chi connectivity index (χ0) is 58.5. The molecule has 0 aromatic heterocycles. The van der Waals surface area contributed by atoms with Gasteiger partial charge in [-0.25, -0.2) is 0 Å². The predicted octanol–water partition coefficient (Wildman–Crippen LogP) is 24.7. The van der Waals surface area contributed by atoms with Gasteiger partial charge in [-0.05, 0) is 64.2 Å². The number of hydrogen-bond donors (Lipinski definition) is 0. The van der Waals surface area contributed by atoms with E-state index >= 15 is 0 Å². The van der Waals surface area contributed by atoms with E-state index in [0.717, 1.165) is 109 Å². The van der Waals surface area contributed by atoms with E-state index in [2.05, 4.69) is 81.5 Å². The molecule has 0 bridgehead atoms. The molecule has 0 fully saturated rings. The molecule has 81 heavy (non-hydrogen) atoms. The molecule has 0 saturated heterocycles. The lowest BCUT2D eigenvalue weighted by molar-refractivity contribution is -0.167. The van der Waals surface area contributed by atoms with Crippen LogP contribution in [0.2, 0.25) is 0 Å². The Balaban J connectivity index is 4.34. The summed E-state index contributed by atoms with van der Waals surface area (Å²) in [7, 11) is 0. The van der Waals surface area contributed by atoms with Crippen LogP contribution in [-0.4, -0.2) is 37.2 Å². The van der Waals surface area contributed by atoms with E-state index in [9.17, 15) is 14.4 Å². The highest BCUT2D eigenvalue weighted by molar-refractivity contribution is 5.71. The van der Waals surface area contributed by atoms with Crippen molar-refractivity contribution in [1.82, 2.24) is 0 Å². The number of rotatable bonds is 66. The average Bonchev–Trinajstić information content (AvgIpc) is 3.47. The van der Waals surface area contributed by atoms with Crippen molar-refractivity contribution in [2.75, 3.05) is 13.2 Å². The fourth-order valence-corrected chi connectivity index (χ4v) is 10.7. The largest absolute Gasteiger partial charge is 0.462 e. The predicted molar refractivity (Wildman–Crippen MR) is 353 cm³/mol. The molecule has 472 valence electrons. The third-order valence-corrected chi connectivity index (χ3v) is 16.0. The molecule has 0 aliphatic rings. The second-order valence-electron chi connectivity index (χ2n) is 24.1. The van der Waals surface area contributed by atoms with Crippen molar-refractivity contribution in [3.63, 3.8) is 0 Å². The molecule has 1 atom stereocenters. The summed E-state index contributed by atoms with van der Waals surface area (Å²) in [6, 6.07) is 0.